The Balaban J connectivity index is 0.00000210. The molecule has 0 atom stereocenters. The fourth-order valence-electron chi connectivity index (χ4n) is 3.25. The number of carbonyl (C=O) groups excluding carboxylic acids is 1. The van der Waals surface area contributed by atoms with Gasteiger partial charge < -0.3 is 19.3 Å². The molecule has 1 N–H and O–H groups in total. The molecule has 0 radical (unpaired) electrons. The summed E-state index contributed by atoms with van der Waals surface area (Å²) < 4.78 is 16.4. The third-order valence-corrected chi connectivity index (χ3v) is 5.16. The Morgan fingerprint density at radius 1 is 0.971 bits per heavy atom. The van der Waals surface area contributed by atoms with Gasteiger partial charge >= 0.3 is 5.97 Å². The number of aryl methyl sites for hydroxylation is 1. The molecule has 0 amide bonds. The fraction of sp³-hybridized carbons (Fsp3) is 0.300. The molecule has 35 heavy (non-hydrogen) atoms. The summed E-state index contributed by atoms with van der Waals surface area (Å²) in [6, 6.07) is 19.4. The number of rotatable bonds is 10. The first kappa shape index (κ1) is 27.5. The normalized spacial score (nSPS) is 10.4. The van der Waals surface area contributed by atoms with E-state index in [0.717, 1.165) is 35.3 Å². The Morgan fingerprint density at radius 3 is 2.37 bits per heavy atom. The molecule has 3 aromatic carbocycles. The third kappa shape index (κ3) is 8.53. The molecule has 5 nitrogen and oxygen atoms in total. The quantitative estimate of drug-likeness (QED) is 0.188. The molecule has 3 rings (SSSR count). The van der Waals surface area contributed by atoms with Crippen LogP contribution in [-0.2, 0) is 16.1 Å². The van der Waals surface area contributed by atoms with Gasteiger partial charge in [-0.05, 0) is 54.8 Å². The predicted octanol–water partition coefficient (Wildman–Crippen LogP) is 7.34. The van der Waals surface area contributed by atoms with Crippen molar-refractivity contribution in [2.24, 2.45) is 0 Å². The zero-order valence-corrected chi connectivity index (χ0v) is 21.3. The summed E-state index contributed by atoms with van der Waals surface area (Å²) in [4.78, 5) is 11.2. The van der Waals surface area contributed by atoms with Gasteiger partial charge in [-0.15, -0.1) is 0 Å². The van der Waals surface area contributed by atoms with Gasteiger partial charge in [0.15, 0.2) is 0 Å². The standard InChI is InChI=1S/C28H30O5.C2H6/c1-4-5-16-32-27-14-6-20(2)17-25(27)22-9-7-21(8-10-22)19-33-24-13-11-23(26(29)18-24)12-15-28(30)31-3;1-2/h6-15,17-18,29H,4-5,16,19H2,1-3H3;1-2H3/b15-12+;. The first-order valence-electron chi connectivity index (χ1n) is 12.0. The second-order valence-corrected chi connectivity index (χ2v) is 7.76. The van der Waals surface area contributed by atoms with Crippen molar-refractivity contribution >= 4 is 12.0 Å². The van der Waals surface area contributed by atoms with Gasteiger partial charge in [0, 0.05) is 23.3 Å². The van der Waals surface area contributed by atoms with E-state index < -0.39 is 5.97 Å². The van der Waals surface area contributed by atoms with Crippen LogP contribution in [0.25, 0.3) is 17.2 Å². The third-order valence-electron chi connectivity index (χ3n) is 5.16. The van der Waals surface area contributed by atoms with E-state index in [0.29, 0.717) is 24.5 Å². The van der Waals surface area contributed by atoms with Crippen LogP contribution in [0.2, 0.25) is 0 Å². The zero-order valence-electron chi connectivity index (χ0n) is 21.3. The number of aromatic hydroxyl groups is 1. The largest absolute Gasteiger partial charge is 0.507 e. The van der Waals surface area contributed by atoms with E-state index in [1.165, 1.54) is 30.9 Å². The number of phenols is 1. The minimum Gasteiger partial charge on any atom is -0.507 e. The topological polar surface area (TPSA) is 65.0 Å². The minimum atomic E-state index is -0.483. The Hall–Kier alpha value is -3.73. The zero-order chi connectivity index (χ0) is 25.6. The number of benzene rings is 3. The molecule has 0 aliphatic carbocycles. The van der Waals surface area contributed by atoms with Gasteiger partial charge in [-0.3, -0.25) is 0 Å². The van der Waals surface area contributed by atoms with Crippen molar-refractivity contribution in [1.82, 2.24) is 0 Å². The molecule has 186 valence electrons. The highest BCUT2D eigenvalue weighted by Gasteiger charge is 2.08. The van der Waals surface area contributed by atoms with Gasteiger partial charge in [-0.25, -0.2) is 4.79 Å². The number of carbonyl (C=O) groups is 1. The molecule has 5 heteroatoms. The van der Waals surface area contributed by atoms with E-state index >= 15 is 0 Å². The van der Waals surface area contributed by atoms with Crippen LogP contribution in [0, 0.1) is 6.92 Å². The van der Waals surface area contributed by atoms with Crippen LogP contribution in [0.5, 0.6) is 17.2 Å². The summed E-state index contributed by atoms with van der Waals surface area (Å²) in [5.41, 5.74) is 4.87. The van der Waals surface area contributed by atoms with Gasteiger partial charge in [0.2, 0.25) is 0 Å². The average Bonchev–Trinajstić information content (AvgIpc) is 2.89. The smallest absolute Gasteiger partial charge is 0.330 e. The summed E-state index contributed by atoms with van der Waals surface area (Å²) in [6.07, 6.45) is 4.88. The first-order chi connectivity index (χ1) is 17.0. The van der Waals surface area contributed by atoms with Crippen LogP contribution in [0.15, 0.2) is 66.7 Å². The average molecular weight is 477 g/mol. The molecule has 0 saturated carbocycles. The molecule has 0 unspecified atom stereocenters. The molecule has 0 aliphatic heterocycles. The second kappa shape index (κ2) is 14.5. The molecule has 0 fully saturated rings. The van der Waals surface area contributed by atoms with Gasteiger partial charge in [-0.1, -0.05) is 63.1 Å². The first-order valence-corrected chi connectivity index (χ1v) is 12.0. The highest BCUT2D eigenvalue weighted by atomic mass is 16.5. The summed E-state index contributed by atoms with van der Waals surface area (Å²) in [5.74, 6) is 0.980. The molecule has 0 heterocycles. The highest BCUT2D eigenvalue weighted by Crippen LogP contribution is 2.32. The van der Waals surface area contributed by atoms with Crippen molar-refractivity contribution in [1.29, 1.82) is 0 Å². The summed E-state index contributed by atoms with van der Waals surface area (Å²) >= 11 is 0. The Morgan fingerprint density at radius 2 is 1.71 bits per heavy atom. The van der Waals surface area contributed by atoms with Gasteiger partial charge in [-0.2, -0.15) is 0 Å². The van der Waals surface area contributed by atoms with Crippen molar-refractivity contribution in [2.75, 3.05) is 13.7 Å². The predicted molar refractivity (Wildman–Crippen MR) is 142 cm³/mol. The Labute approximate surface area is 209 Å². The SMILES string of the molecule is CC.CCCCOc1ccc(C)cc1-c1ccc(COc2ccc(/C=C/C(=O)OC)c(O)c2)cc1. The van der Waals surface area contributed by atoms with E-state index in [1.54, 1.807) is 12.1 Å². The molecule has 0 bridgehead atoms. The number of hydrogen-bond donors (Lipinski definition) is 1. The van der Waals surface area contributed by atoms with Gasteiger partial charge in [0.05, 0.1) is 13.7 Å². The summed E-state index contributed by atoms with van der Waals surface area (Å²) in [6.45, 7) is 9.30. The maximum absolute atomic E-state index is 11.2. The molecular formula is C30H36O5. The number of esters is 1. The van der Waals surface area contributed by atoms with Crippen LogP contribution >= 0.6 is 0 Å². The summed E-state index contributed by atoms with van der Waals surface area (Å²) in [7, 11) is 1.30. The number of methoxy groups -OCH3 is 1. The second-order valence-electron chi connectivity index (χ2n) is 7.76. The number of hydrogen-bond acceptors (Lipinski definition) is 5. The molecule has 0 saturated heterocycles. The lowest BCUT2D eigenvalue weighted by Gasteiger charge is -2.13. The minimum absolute atomic E-state index is 0.0260. The van der Waals surface area contributed by atoms with E-state index in [4.69, 9.17) is 9.47 Å². The Kier molecular flexibility index (Phi) is 11.4. The lowest BCUT2D eigenvalue weighted by Crippen LogP contribution is -1.99. The van der Waals surface area contributed by atoms with Gasteiger partial charge in [0.25, 0.3) is 0 Å². The Bertz CT molecular complexity index is 1100. The van der Waals surface area contributed by atoms with E-state index in [-0.39, 0.29) is 5.75 Å². The summed E-state index contributed by atoms with van der Waals surface area (Å²) in [5, 5.41) is 10.2. The van der Waals surface area contributed by atoms with Crippen molar-refractivity contribution < 1.29 is 24.1 Å². The van der Waals surface area contributed by atoms with Crippen LogP contribution in [-0.4, -0.2) is 24.8 Å². The monoisotopic (exact) mass is 476 g/mol. The van der Waals surface area contributed by atoms with Crippen molar-refractivity contribution in [3.8, 4) is 28.4 Å². The van der Waals surface area contributed by atoms with Crippen molar-refractivity contribution in [3.05, 3.63) is 83.4 Å². The molecule has 3 aromatic rings. The molecule has 0 aromatic heterocycles. The highest BCUT2D eigenvalue weighted by molar-refractivity contribution is 5.87. The maximum Gasteiger partial charge on any atom is 0.330 e. The van der Waals surface area contributed by atoms with Crippen LogP contribution in [0.1, 0.15) is 50.3 Å². The van der Waals surface area contributed by atoms with Crippen molar-refractivity contribution in [2.45, 2.75) is 47.1 Å². The lowest BCUT2D eigenvalue weighted by atomic mass is 10.0. The molecular weight excluding hydrogens is 440 g/mol. The van der Waals surface area contributed by atoms with E-state index in [1.807, 2.05) is 32.0 Å². The number of unbranched alkanes of at least 4 members (excludes halogenated alkanes) is 1. The number of phenolic OH excluding ortho intramolecular Hbond substituents is 1. The maximum atomic E-state index is 11.2. The van der Waals surface area contributed by atoms with Crippen LogP contribution < -0.4 is 9.47 Å². The lowest BCUT2D eigenvalue weighted by molar-refractivity contribution is -0.134. The van der Waals surface area contributed by atoms with Crippen LogP contribution in [0.4, 0.5) is 0 Å². The van der Waals surface area contributed by atoms with Crippen molar-refractivity contribution in [3.63, 3.8) is 0 Å². The fourth-order valence-corrected chi connectivity index (χ4v) is 3.25. The number of ether oxygens (including phenoxy) is 3. The molecule has 0 aliphatic rings. The van der Waals surface area contributed by atoms with Gasteiger partial charge in [0.1, 0.15) is 23.9 Å². The van der Waals surface area contributed by atoms with Crippen LogP contribution in [0.3, 0.4) is 0 Å². The van der Waals surface area contributed by atoms with E-state index in [2.05, 4.69) is 42.8 Å². The van der Waals surface area contributed by atoms with E-state index in [9.17, 15) is 9.90 Å². The molecule has 0 spiro atoms.